The Balaban J connectivity index is 1.84. The average molecular weight is 211 g/mol. The number of carbonyl (C=O) groups excluding carboxylic acids is 1. The fourth-order valence-electron chi connectivity index (χ4n) is 2.28. The average Bonchev–Trinajstić information content (AvgIpc) is 2.93. The van der Waals surface area contributed by atoms with Gasteiger partial charge in [-0.1, -0.05) is 13.8 Å². The lowest BCUT2D eigenvalue weighted by molar-refractivity contribution is -0.129. The number of hydrogen-bond donors (Lipinski definition) is 1. The molecule has 0 aromatic rings. The highest BCUT2D eigenvalue weighted by Crippen LogP contribution is 2.34. The zero-order chi connectivity index (χ0) is 11.0. The summed E-state index contributed by atoms with van der Waals surface area (Å²) in [7, 11) is 0. The summed E-state index contributed by atoms with van der Waals surface area (Å²) in [5, 5.41) is 9.80. The number of likely N-dealkylation sites (tertiary alicyclic amines) is 1. The fraction of sp³-hybridized carbons (Fsp3) is 0.917. The molecular formula is C12H21NO2. The molecule has 1 amide bonds. The van der Waals surface area contributed by atoms with E-state index in [4.69, 9.17) is 0 Å². The first-order chi connectivity index (χ1) is 7.08. The number of hydrogen-bond acceptors (Lipinski definition) is 2. The Hall–Kier alpha value is -0.570. The predicted octanol–water partition coefficient (Wildman–Crippen LogP) is 1.26. The van der Waals surface area contributed by atoms with Crippen molar-refractivity contribution in [3.63, 3.8) is 0 Å². The third-order valence-electron chi connectivity index (χ3n) is 3.76. The van der Waals surface area contributed by atoms with Crippen molar-refractivity contribution in [3.05, 3.63) is 0 Å². The molecule has 3 heteroatoms. The van der Waals surface area contributed by atoms with Crippen LogP contribution in [0.5, 0.6) is 0 Å². The van der Waals surface area contributed by atoms with Crippen molar-refractivity contribution in [2.24, 2.45) is 17.8 Å². The summed E-state index contributed by atoms with van der Waals surface area (Å²) in [6.07, 6.45) is 2.67. The van der Waals surface area contributed by atoms with Gasteiger partial charge in [-0.15, -0.1) is 0 Å². The maximum atomic E-state index is 11.7. The second kappa shape index (κ2) is 4.12. The maximum Gasteiger partial charge on any atom is 0.223 e. The van der Waals surface area contributed by atoms with Crippen molar-refractivity contribution in [2.75, 3.05) is 13.1 Å². The molecule has 2 unspecified atom stereocenters. The Morgan fingerprint density at radius 2 is 2.07 bits per heavy atom. The molecule has 2 rings (SSSR count). The summed E-state index contributed by atoms with van der Waals surface area (Å²) < 4.78 is 0. The Kier molecular flexibility index (Phi) is 3.01. The van der Waals surface area contributed by atoms with E-state index in [1.54, 1.807) is 0 Å². The number of carbonyl (C=O) groups is 1. The molecule has 0 aromatic heterocycles. The van der Waals surface area contributed by atoms with E-state index in [1.165, 1.54) is 0 Å². The lowest BCUT2D eigenvalue weighted by atomic mass is 9.95. The van der Waals surface area contributed by atoms with Crippen LogP contribution < -0.4 is 0 Å². The summed E-state index contributed by atoms with van der Waals surface area (Å²) in [4.78, 5) is 13.5. The molecule has 0 bridgehead atoms. The van der Waals surface area contributed by atoms with Crippen LogP contribution in [-0.4, -0.2) is 35.1 Å². The van der Waals surface area contributed by atoms with Crippen LogP contribution in [0, 0.1) is 17.8 Å². The molecule has 2 fully saturated rings. The minimum Gasteiger partial charge on any atom is -0.391 e. The second-order valence-electron chi connectivity index (χ2n) is 5.41. The second-order valence-corrected chi connectivity index (χ2v) is 5.41. The van der Waals surface area contributed by atoms with Gasteiger partial charge in [-0.3, -0.25) is 4.79 Å². The zero-order valence-electron chi connectivity index (χ0n) is 9.65. The van der Waals surface area contributed by atoms with Gasteiger partial charge in [0.1, 0.15) is 0 Å². The molecular weight excluding hydrogens is 190 g/mol. The number of β-amino-alcohol motifs (C(OH)–C–C–N with tert-alkyl or cyclic N) is 1. The van der Waals surface area contributed by atoms with Crippen LogP contribution >= 0.6 is 0 Å². The molecule has 1 aliphatic carbocycles. The monoisotopic (exact) mass is 211 g/mol. The van der Waals surface area contributed by atoms with E-state index in [9.17, 15) is 9.90 Å². The first-order valence-corrected chi connectivity index (χ1v) is 6.03. The highest BCUT2D eigenvalue weighted by Gasteiger charge is 2.36. The van der Waals surface area contributed by atoms with Crippen LogP contribution in [-0.2, 0) is 4.79 Å². The van der Waals surface area contributed by atoms with Gasteiger partial charge in [0.15, 0.2) is 0 Å². The summed E-state index contributed by atoms with van der Waals surface area (Å²) >= 11 is 0. The maximum absolute atomic E-state index is 11.7. The smallest absolute Gasteiger partial charge is 0.223 e. The van der Waals surface area contributed by atoms with Crippen LogP contribution in [0.4, 0.5) is 0 Å². The number of nitrogens with zero attached hydrogens (tertiary/aromatic N) is 1. The van der Waals surface area contributed by atoms with Crippen molar-refractivity contribution in [2.45, 2.75) is 39.2 Å². The Bertz CT molecular complexity index is 248. The Morgan fingerprint density at radius 3 is 2.53 bits per heavy atom. The molecule has 2 aliphatic rings. The minimum absolute atomic E-state index is 0.230. The van der Waals surface area contributed by atoms with E-state index >= 15 is 0 Å². The third kappa shape index (κ3) is 2.51. The topological polar surface area (TPSA) is 40.5 Å². The van der Waals surface area contributed by atoms with Gasteiger partial charge in [-0.2, -0.15) is 0 Å². The van der Waals surface area contributed by atoms with Crippen LogP contribution in [0.3, 0.4) is 0 Å². The number of amides is 1. The van der Waals surface area contributed by atoms with Gasteiger partial charge in [-0.25, -0.2) is 0 Å². The van der Waals surface area contributed by atoms with Crippen LogP contribution in [0.1, 0.15) is 33.1 Å². The van der Waals surface area contributed by atoms with Gasteiger partial charge >= 0.3 is 0 Å². The predicted molar refractivity (Wildman–Crippen MR) is 58.3 cm³/mol. The minimum atomic E-state index is -0.278. The van der Waals surface area contributed by atoms with Crippen LogP contribution in [0.25, 0.3) is 0 Å². The molecule has 0 spiro atoms. The van der Waals surface area contributed by atoms with E-state index < -0.39 is 0 Å². The van der Waals surface area contributed by atoms with E-state index in [0.717, 1.165) is 19.4 Å². The summed E-state index contributed by atoms with van der Waals surface area (Å²) in [6.45, 7) is 5.74. The number of aliphatic hydroxyl groups is 1. The highest BCUT2D eigenvalue weighted by atomic mass is 16.3. The van der Waals surface area contributed by atoms with Gasteiger partial charge in [-0.05, 0) is 30.6 Å². The van der Waals surface area contributed by atoms with Gasteiger partial charge in [0.05, 0.1) is 6.10 Å². The first-order valence-electron chi connectivity index (χ1n) is 6.03. The molecule has 86 valence electrons. The molecule has 1 aliphatic heterocycles. The SMILES string of the molecule is CC(C)C1CC(=O)N(CC(O)C2CC2)C1. The van der Waals surface area contributed by atoms with Crippen LogP contribution in [0.15, 0.2) is 0 Å². The third-order valence-corrected chi connectivity index (χ3v) is 3.76. The summed E-state index contributed by atoms with van der Waals surface area (Å²) in [5.41, 5.74) is 0. The van der Waals surface area contributed by atoms with Crippen molar-refractivity contribution in [1.82, 2.24) is 4.90 Å². The molecule has 1 heterocycles. The van der Waals surface area contributed by atoms with Crippen molar-refractivity contribution < 1.29 is 9.90 Å². The Labute approximate surface area is 91.5 Å². The first kappa shape index (κ1) is 10.9. The zero-order valence-corrected chi connectivity index (χ0v) is 9.65. The van der Waals surface area contributed by atoms with Gasteiger partial charge in [0.25, 0.3) is 0 Å². The summed E-state index contributed by atoms with van der Waals surface area (Å²) in [6, 6.07) is 0. The van der Waals surface area contributed by atoms with E-state index in [0.29, 0.717) is 30.7 Å². The lowest BCUT2D eigenvalue weighted by Gasteiger charge is -2.21. The molecule has 15 heavy (non-hydrogen) atoms. The van der Waals surface area contributed by atoms with E-state index in [1.807, 2.05) is 4.90 Å². The molecule has 0 aromatic carbocycles. The molecule has 0 radical (unpaired) electrons. The largest absolute Gasteiger partial charge is 0.391 e. The lowest BCUT2D eigenvalue weighted by Crippen LogP contribution is -2.34. The molecule has 3 nitrogen and oxygen atoms in total. The molecule has 1 N–H and O–H groups in total. The standard InChI is InChI=1S/C12H21NO2/c1-8(2)10-5-12(15)13(6-10)7-11(14)9-3-4-9/h8-11,14H,3-7H2,1-2H3. The summed E-state index contributed by atoms with van der Waals surface area (Å²) in [5.74, 6) is 1.75. The van der Waals surface area contributed by atoms with Crippen LogP contribution in [0.2, 0.25) is 0 Å². The highest BCUT2D eigenvalue weighted by molar-refractivity contribution is 5.78. The Morgan fingerprint density at radius 1 is 1.40 bits per heavy atom. The normalized spacial score (nSPS) is 28.9. The van der Waals surface area contributed by atoms with Crippen molar-refractivity contribution in [1.29, 1.82) is 0 Å². The van der Waals surface area contributed by atoms with Crippen molar-refractivity contribution in [3.8, 4) is 0 Å². The van der Waals surface area contributed by atoms with E-state index in [-0.39, 0.29) is 12.0 Å². The molecule has 1 saturated carbocycles. The molecule has 1 saturated heterocycles. The van der Waals surface area contributed by atoms with Gasteiger partial charge in [0, 0.05) is 19.5 Å². The fourth-order valence-corrected chi connectivity index (χ4v) is 2.28. The van der Waals surface area contributed by atoms with Gasteiger partial charge in [0.2, 0.25) is 5.91 Å². The number of aliphatic hydroxyl groups excluding tert-OH is 1. The molecule has 2 atom stereocenters. The van der Waals surface area contributed by atoms with E-state index in [2.05, 4.69) is 13.8 Å². The quantitative estimate of drug-likeness (QED) is 0.760. The number of rotatable bonds is 4. The van der Waals surface area contributed by atoms with Crippen molar-refractivity contribution >= 4 is 5.91 Å². The van der Waals surface area contributed by atoms with Gasteiger partial charge < -0.3 is 10.0 Å².